The monoisotopic (exact) mass is 383 g/mol. The van der Waals surface area contributed by atoms with Gasteiger partial charge in [0.15, 0.2) is 0 Å². The molecule has 1 aliphatic heterocycles. The second-order valence-corrected chi connectivity index (χ2v) is 7.13. The van der Waals surface area contributed by atoms with Crippen molar-refractivity contribution in [3.8, 4) is 5.75 Å². The maximum atomic E-state index is 12.6. The third kappa shape index (κ3) is 4.41. The number of methoxy groups -OCH3 is 2. The number of hydrogen-bond acceptors (Lipinski definition) is 6. The highest BCUT2D eigenvalue weighted by Gasteiger charge is 2.41. The van der Waals surface area contributed by atoms with E-state index in [0.29, 0.717) is 0 Å². The lowest BCUT2D eigenvalue weighted by Gasteiger charge is -2.38. The van der Waals surface area contributed by atoms with Crippen molar-refractivity contribution in [2.24, 2.45) is 0 Å². The molecular formula is C14H16F3NO6S. The minimum atomic E-state index is -4.47. The van der Waals surface area contributed by atoms with Gasteiger partial charge in [-0.3, -0.25) is 0 Å². The van der Waals surface area contributed by atoms with E-state index < -0.39 is 34.9 Å². The number of alkyl halides is 3. The molecule has 0 unspecified atom stereocenters. The summed E-state index contributed by atoms with van der Waals surface area (Å²) in [4.78, 5) is 11.3. The van der Waals surface area contributed by atoms with Crippen LogP contribution in [0.25, 0.3) is 0 Å². The van der Waals surface area contributed by atoms with E-state index in [9.17, 15) is 26.4 Å². The Morgan fingerprint density at radius 3 is 2.44 bits per heavy atom. The third-order valence-corrected chi connectivity index (χ3v) is 5.35. The van der Waals surface area contributed by atoms with Crippen LogP contribution in [0.5, 0.6) is 5.75 Å². The number of benzene rings is 1. The summed E-state index contributed by atoms with van der Waals surface area (Å²) in [6.07, 6.45) is -5.32. The Labute approximate surface area is 142 Å². The molecule has 2 rings (SSSR count). The summed E-state index contributed by atoms with van der Waals surface area (Å²) in [5, 5.41) is 0. The molecule has 11 heteroatoms. The van der Waals surface area contributed by atoms with Crippen molar-refractivity contribution in [3.05, 3.63) is 23.8 Å². The van der Waals surface area contributed by atoms with Gasteiger partial charge in [-0.15, -0.1) is 0 Å². The van der Waals surface area contributed by atoms with Gasteiger partial charge in [0.2, 0.25) is 10.0 Å². The average molecular weight is 383 g/mol. The first-order valence-corrected chi connectivity index (χ1v) is 8.47. The van der Waals surface area contributed by atoms with E-state index in [1.165, 1.54) is 19.2 Å². The number of carbonyl (C=O) groups excluding carboxylic acids is 1. The molecule has 0 saturated carbocycles. The van der Waals surface area contributed by atoms with Gasteiger partial charge in [0.1, 0.15) is 17.3 Å². The number of rotatable bonds is 6. The summed E-state index contributed by atoms with van der Waals surface area (Å²) in [6.45, 7) is -1.87. The van der Waals surface area contributed by atoms with Gasteiger partial charge in [0.25, 0.3) is 0 Å². The molecule has 1 aliphatic rings. The van der Waals surface area contributed by atoms with E-state index in [1.807, 2.05) is 0 Å². The highest BCUT2D eigenvalue weighted by molar-refractivity contribution is 7.89. The van der Waals surface area contributed by atoms with Crippen molar-refractivity contribution < 1.29 is 40.6 Å². The molecule has 7 nitrogen and oxygen atoms in total. The van der Waals surface area contributed by atoms with Crippen LogP contribution in [0, 0.1) is 0 Å². The van der Waals surface area contributed by atoms with Gasteiger partial charge in [-0.1, -0.05) is 0 Å². The second kappa shape index (κ2) is 7.18. The van der Waals surface area contributed by atoms with Gasteiger partial charge in [-0.2, -0.15) is 17.5 Å². The molecule has 0 spiro atoms. The summed E-state index contributed by atoms with van der Waals surface area (Å²) in [6, 6.07) is 3.75. The minimum Gasteiger partial charge on any atom is -0.495 e. The molecule has 0 atom stereocenters. The Bertz CT molecular complexity index is 743. The Kier molecular flexibility index (Phi) is 5.59. The lowest BCUT2D eigenvalue weighted by Crippen LogP contribution is -2.55. The smallest absolute Gasteiger partial charge is 0.411 e. The van der Waals surface area contributed by atoms with Crippen molar-refractivity contribution in [1.82, 2.24) is 4.31 Å². The topological polar surface area (TPSA) is 82.1 Å². The molecule has 1 aromatic carbocycles. The van der Waals surface area contributed by atoms with Crippen molar-refractivity contribution in [2.75, 3.05) is 33.9 Å². The fourth-order valence-corrected chi connectivity index (χ4v) is 3.86. The van der Waals surface area contributed by atoms with Gasteiger partial charge < -0.3 is 14.2 Å². The van der Waals surface area contributed by atoms with Crippen LogP contribution in [0.15, 0.2) is 23.1 Å². The van der Waals surface area contributed by atoms with Crippen LogP contribution in [0.4, 0.5) is 13.2 Å². The molecule has 1 fully saturated rings. The normalized spacial score (nSPS) is 16.4. The quantitative estimate of drug-likeness (QED) is 0.692. The third-order valence-electron chi connectivity index (χ3n) is 3.50. The first-order chi connectivity index (χ1) is 11.6. The molecule has 0 N–H and O–H groups in total. The molecule has 1 saturated heterocycles. The van der Waals surface area contributed by atoms with Gasteiger partial charge in [0.05, 0.1) is 25.9 Å². The van der Waals surface area contributed by atoms with E-state index >= 15 is 0 Å². The molecular weight excluding hydrogens is 367 g/mol. The van der Waals surface area contributed by atoms with Gasteiger partial charge >= 0.3 is 12.1 Å². The van der Waals surface area contributed by atoms with Crippen molar-refractivity contribution in [3.63, 3.8) is 0 Å². The maximum absolute atomic E-state index is 12.6. The van der Waals surface area contributed by atoms with E-state index in [-0.39, 0.29) is 29.3 Å². The highest BCUT2D eigenvalue weighted by Crippen LogP contribution is 2.31. The number of sulfonamides is 1. The zero-order valence-electron chi connectivity index (χ0n) is 13.4. The second-order valence-electron chi connectivity index (χ2n) is 5.23. The Morgan fingerprint density at radius 2 is 1.92 bits per heavy atom. The van der Waals surface area contributed by atoms with E-state index in [0.717, 1.165) is 17.5 Å². The molecule has 25 heavy (non-hydrogen) atoms. The fraction of sp³-hybridized carbons (Fsp3) is 0.500. The highest BCUT2D eigenvalue weighted by atomic mass is 32.2. The summed E-state index contributed by atoms with van der Waals surface area (Å²) < 4.78 is 76.7. The van der Waals surface area contributed by atoms with Crippen molar-refractivity contribution >= 4 is 16.0 Å². The lowest BCUT2D eigenvalue weighted by atomic mass is 10.2. The standard InChI is InChI=1S/C14H16F3NO6S/c1-22-11-4-3-9(13(19)23-2)5-12(11)25(20,21)18-6-10(7-18)24-8-14(15,16)17/h3-5,10H,6-8H2,1-2H3. The van der Waals surface area contributed by atoms with Crippen molar-refractivity contribution in [1.29, 1.82) is 0 Å². The first-order valence-electron chi connectivity index (χ1n) is 7.03. The van der Waals surface area contributed by atoms with Crippen LogP contribution in [-0.4, -0.2) is 64.9 Å². The Hall–Kier alpha value is -1.85. The van der Waals surface area contributed by atoms with E-state index in [2.05, 4.69) is 9.47 Å². The predicted octanol–water partition coefficient (Wildman–Crippen LogP) is 1.43. The molecule has 0 aliphatic carbocycles. The minimum absolute atomic E-state index is 0.00673. The molecule has 0 amide bonds. The van der Waals surface area contributed by atoms with Crippen LogP contribution in [-0.2, 0) is 19.5 Å². The van der Waals surface area contributed by atoms with Crippen LogP contribution in [0.1, 0.15) is 10.4 Å². The van der Waals surface area contributed by atoms with Crippen LogP contribution in [0.3, 0.4) is 0 Å². The number of halogens is 3. The number of ether oxygens (including phenoxy) is 3. The Balaban J connectivity index is 2.16. The van der Waals surface area contributed by atoms with Gasteiger partial charge in [-0.25, -0.2) is 13.2 Å². The number of esters is 1. The number of carbonyl (C=O) groups is 1. The van der Waals surface area contributed by atoms with Crippen LogP contribution < -0.4 is 4.74 Å². The summed E-state index contributed by atoms with van der Waals surface area (Å²) in [7, 11) is -1.64. The number of nitrogens with zero attached hydrogens (tertiary/aromatic N) is 1. The fourth-order valence-electron chi connectivity index (χ4n) is 2.18. The summed E-state index contributed by atoms with van der Waals surface area (Å²) in [5.74, 6) is -0.721. The molecule has 0 bridgehead atoms. The largest absolute Gasteiger partial charge is 0.495 e. The zero-order chi connectivity index (χ0) is 18.8. The Morgan fingerprint density at radius 1 is 1.28 bits per heavy atom. The van der Waals surface area contributed by atoms with Crippen LogP contribution >= 0.6 is 0 Å². The molecule has 0 aromatic heterocycles. The predicted molar refractivity (Wildman–Crippen MR) is 78.9 cm³/mol. The maximum Gasteiger partial charge on any atom is 0.411 e. The lowest BCUT2D eigenvalue weighted by molar-refractivity contribution is -0.194. The molecule has 1 aromatic rings. The van der Waals surface area contributed by atoms with Gasteiger partial charge in [0, 0.05) is 13.1 Å². The van der Waals surface area contributed by atoms with Crippen molar-refractivity contribution in [2.45, 2.75) is 17.2 Å². The molecule has 1 heterocycles. The van der Waals surface area contributed by atoms with Gasteiger partial charge in [-0.05, 0) is 18.2 Å². The number of hydrogen-bond donors (Lipinski definition) is 0. The average Bonchev–Trinajstić information content (AvgIpc) is 2.50. The van der Waals surface area contributed by atoms with Crippen LogP contribution in [0.2, 0.25) is 0 Å². The SMILES string of the molecule is COC(=O)c1ccc(OC)c(S(=O)(=O)N2CC(OCC(F)(F)F)C2)c1. The van der Waals surface area contributed by atoms with E-state index in [4.69, 9.17) is 4.74 Å². The summed E-state index contributed by atoms with van der Waals surface area (Å²) >= 11 is 0. The van der Waals surface area contributed by atoms with E-state index in [1.54, 1.807) is 0 Å². The molecule has 0 radical (unpaired) electrons. The summed E-state index contributed by atoms with van der Waals surface area (Å²) in [5.41, 5.74) is 0.00673. The zero-order valence-corrected chi connectivity index (χ0v) is 14.2. The molecule has 140 valence electrons. The first kappa shape index (κ1) is 19.5.